The SMILES string of the molecule is CCCn1cc(CN2CCNCc3ccccc32)cn1. The van der Waals surface area contributed by atoms with Crippen molar-refractivity contribution < 1.29 is 0 Å². The standard InChI is InChI=1S/C16H22N4/c1-2-8-20-13-14(10-18-20)12-19-9-7-17-11-15-5-3-4-6-16(15)19/h3-6,10,13,17H,2,7-9,11-12H2,1H3. The molecule has 0 atom stereocenters. The fourth-order valence-electron chi connectivity index (χ4n) is 2.75. The van der Waals surface area contributed by atoms with Crippen molar-refractivity contribution in [2.24, 2.45) is 0 Å². The van der Waals surface area contributed by atoms with E-state index in [0.717, 1.165) is 39.1 Å². The van der Waals surface area contributed by atoms with Gasteiger partial charge in [-0.15, -0.1) is 0 Å². The van der Waals surface area contributed by atoms with Crippen LogP contribution in [0.4, 0.5) is 5.69 Å². The van der Waals surface area contributed by atoms with Crippen LogP contribution in [0.3, 0.4) is 0 Å². The Balaban J connectivity index is 1.79. The van der Waals surface area contributed by atoms with Gasteiger partial charge >= 0.3 is 0 Å². The van der Waals surface area contributed by atoms with Gasteiger partial charge in [0.05, 0.1) is 6.20 Å². The molecule has 2 heterocycles. The zero-order valence-electron chi connectivity index (χ0n) is 12.0. The first-order valence-corrected chi connectivity index (χ1v) is 7.41. The van der Waals surface area contributed by atoms with Crippen LogP contribution in [0.1, 0.15) is 24.5 Å². The molecular weight excluding hydrogens is 248 g/mol. The van der Waals surface area contributed by atoms with Gasteiger partial charge in [-0.1, -0.05) is 25.1 Å². The van der Waals surface area contributed by atoms with Crippen molar-refractivity contribution in [3.05, 3.63) is 47.8 Å². The summed E-state index contributed by atoms with van der Waals surface area (Å²) in [5, 5.41) is 7.91. The molecule has 0 bridgehead atoms. The van der Waals surface area contributed by atoms with E-state index >= 15 is 0 Å². The van der Waals surface area contributed by atoms with Crippen LogP contribution in [-0.4, -0.2) is 22.9 Å². The van der Waals surface area contributed by atoms with Crippen LogP contribution in [0.2, 0.25) is 0 Å². The maximum atomic E-state index is 4.43. The van der Waals surface area contributed by atoms with Gasteiger partial charge in [0.25, 0.3) is 0 Å². The smallest absolute Gasteiger partial charge is 0.0539 e. The van der Waals surface area contributed by atoms with Crippen LogP contribution in [0.5, 0.6) is 0 Å². The van der Waals surface area contributed by atoms with Gasteiger partial charge in [0.2, 0.25) is 0 Å². The minimum Gasteiger partial charge on any atom is -0.366 e. The molecule has 2 aromatic rings. The number of para-hydroxylation sites is 1. The van der Waals surface area contributed by atoms with Crippen molar-refractivity contribution >= 4 is 5.69 Å². The molecule has 3 rings (SSSR count). The Morgan fingerprint density at radius 3 is 3.10 bits per heavy atom. The summed E-state index contributed by atoms with van der Waals surface area (Å²) in [7, 11) is 0. The highest BCUT2D eigenvalue weighted by molar-refractivity contribution is 5.54. The molecule has 1 N–H and O–H groups in total. The lowest BCUT2D eigenvalue weighted by Crippen LogP contribution is -2.28. The van der Waals surface area contributed by atoms with Crippen LogP contribution >= 0.6 is 0 Å². The molecule has 0 spiro atoms. The first-order valence-electron chi connectivity index (χ1n) is 7.41. The van der Waals surface area contributed by atoms with E-state index < -0.39 is 0 Å². The molecule has 4 nitrogen and oxygen atoms in total. The van der Waals surface area contributed by atoms with Crippen molar-refractivity contribution in [3.63, 3.8) is 0 Å². The summed E-state index contributed by atoms with van der Waals surface area (Å²) in [5.74, 6) is 0. The topological polar surface area (TPSA) is 33.1 Å². The third kappa shape index (κ3) is 2.85. The quantitative estimate of drug-likeness (QED) is 0.926. The average Bonchev–Trinajstić information content (AvgIpc) is 2.80. The van der Waals surface area contributed by atoms with Crippen molar-refractivity contribution in [1.29, 1.82) is 0 Å². The van der Waals surface area contributed by atoms with Gasteiger partial charge in [-0.2, -0.15) is 5.10 Å². The second-order valence-electron chi connectivity index (χ2n) is 5.34. The number of benzene rings is 1. The van der Waals surface area contributed by atoms with Crippen LogP contribution in [0, 0.1) is 0 Å². The third-order valence-corrected chi connectivity index (χ3v) is 3.72. The van der Waals surface area contributed by atoms with Crippen molar-refractivity contribution in [3.8, 4) is 0 Å². The maximum absolute atomic E-state index is 4.43. The summed E-state index contributed by atoms with van der Waals surface area (Å²) in [6.07, 6.45) is 5.29. The fraction of sp³-hybridized carbons (Fsp3) is 0.438. The van der Waals surface area contributed by atoms with Gasteiger partial charge in [0.15, 0.2) is 0 Å². The van der Waals surface area contributed by atoms with E-state index in [1.807, 2.05) is 10.9 Å². The molecule has 1 aliphatic heterocycles. The van der Waals surface area contributed by atoms with Crippen LogP contribution < -0.4 is 10.2 Å². The minimum atomic E-state index is 0.933. The molecule has 0 saturated carbocycles. The summed E-state index contributed by atoms with van der Waals surface area (Å²) < 4.78 is 2.04. The van der Waals surface area contributed by atoms with Gasteiger partial charge < -0.3 is 10.2 Å². The second-order valence-corrected chi connectivity index (χ2v) is 5.34. The van der Waals surface area contributed by atoms with E-state index in [0.29, 0.717) is 0 Å². The summed E-state index contributed by atoms with van der Waals surface area (Å²) in [6.45, 7) is 7.13. The molecule has 4 heteroatoms. The van der Waals surface area contributed by atoms with Gasteiger partial charge in [-0.05, 0) is 18.1 Å². The van der Waals surface area contributed by atoms with E-state index in [2.05, 4.69) is 52.7 Å². The zero-order valence-corrected chi connectivity index (χ0v) is 12.0. The Hall–Kier alpha value is -1.81. The monoisotopic (exact) mass is 270 g/mol. The van der Waals surface area contributed by atoms with Crippen molar-refractivity contribution in [1.82, 2.24) is 15.1 Å². The molecule has 0 unspecified atom stereocenters. The average molecular weight is 270 g/mol. The number of aromatic nitrogens is 2. The highest BCUT2D eigenvalue weighted by Crippen LogP contribution is 2.23. The molecule has 1 aliphatic rings. The van der Waals surface area contributed by atoms with E-state index in [9.17, 15) is 0 Å². The maximum Gasteiger partial charge on any atom is 0.0539 e. The zero-order chi connectivity index (χ0) is 13.8. The largest absolute Gasteiger partial charge is 0.366 e. The molecule has 106 valence electrons. The van der Waals surface area contributed by atoms with E-state index in [-0.39, 0.29) is 0 Å². The number of hydrogen-bond acceptors (Lipinski definition) is 3. The molecule has 1 aromatic carbocycles. The predicted octanol–water partition coefficient (Wildman–Crippen LogP) is 2.40. The lowest BCUT2D eigenvalue weighted by Gasteiger charge is -2.23. The number of hydrogen-bond donors (Lipinski definition) is 1. The number of aryl methyl sites for hydroxylation is 1. The second kappa shape index (κ2) is 6.09. The van der Waals surface area contributed by atoms with Crippen LogP contribution in [-0.2, 0) is 19.6 Å². The van der Waals surface area contributed by atoms with E-state index in [1.54, 1.807) is 0 Å². The van der Waals surface area contributed by atoms with Crippen LogP contribution in [0.25, 0.3) is 0 Å². The minimum absolute atomic E-state index is 0.933. The van der Waals surface area contributed by atoms with Crippen molar-refractivity contribution in [2.45, 2.75) is 33.0 Å². The summed E-state index contributed by atoms with van der Waals surface area (Å²) in [4.78, 5) is 2.45. The van der Waals surface area contributed by atoms with E-state index in [4.69, 9.17) is 0 Å². The number of rotatable bonds is 4. The number of nitrogens with one attached hydrogen (secondary N) is 1. The molecule has 0 fully saturated rings. The van der Waals surface area contributed by atoms with Gasteiger partial charge in [-0.25, -0.2) is 0 Å². The third-order valence-electron chi connectivity index (χ3n) is 3.72. The Morgan fingerprint density at radius 2 is 2.20 bits per heavy atom. The Bertz CT molecular complexity index is 561. The van der Waals surface area contributed by atoms with Crippen molar-refractivity contribution in [2.75, 3.05) is 18.0 Å². The molecule has 1 aromatic heterocycles. The summed E-state index contributed by atoms with van der Waals surface area (Å²) >= 11 is 0. The number of nitrogens with zero attached hydrogens (tertiary/aromatic N) is 3. The summed E-state index contributed by atoms with van der Waals surface area (Å²) in [6, 6.07) is 8.67. The Kier molecular flexibility index (Phi) is 4.02. The van der Waals surface area contributed by atoms with Gasteiger partial charge in [0, 0.05) is 50.2 Å². The lowest BCUT2D eigenvalue weighted by molar-refractivity contribution is 0.602. The first kappa shape index (κ1) is 13.2. The molecule has 20 heavy (non-hydrogen) atoms. The highest BCUT2D eigenvalue weighted by Gasteiger charge is 2.15. The Labute approximate surface area is 120 Å². The molecule has 0 aliphatic carbocycles. The molecule has 0 amide bonds. The fourth-order valence-corrected chi connectivity index (χ4v) is 2.75. The number of anilines is 1. The molecule has 0 radical (unpaired) electrons. The Morgan fingerprint density at radius 1 is 1.30 bits per heavy atom. The molecular formula is C16H22N4. The van der Waals surface area contributed by atoms with Gasteiger partial charge in [-0.3, -0.25) is 4.68 Å². The molecule has 0 saturated heterocycles. The van der Waals surface area contributed by atoms with Gasteiger partial charge in [0.1, 0.15) is 0 Å². The predicted molar refractivity (Wildman–Crippen MR) is 81.7 cm³/mol. The number of fused-ring (bicyclic) bond motifs is 1. The normalized spacial score (nSPS) is 14.9. The lowest BCUT2D eigenvalue weighted by atomic mass is 10.1. The highest BCUT2D eigenvalue weighted by atomic mass is 15.3. The van der Waals surface area contributed by atoms with E-state index in [1.165, 1.54) is 16.8 Å². The van der Waals surface area contributed by atoms with Crippen LogP contribution in [0.15, 0.2) is 36.7 Å². The first-order chi connectivity index (χ1) is 9.86. The summed E-state index contributed by atoms with van der Waals surface area (Å²) in [5.41, 5.74) is 4.02.